The standard InChI is InChI=1S/C12H8Cl2N2O2/c1-6(2)5-18-12-8(4-16)7(3-15)11(17)9(13)10(12)14/h17H,1,5H2,2H3. The van der Waals surface area contributed by atoms with Gasteiger partial charge in [-0.3, -0.25) is 0 Å². The molecule has 0 fully saturated rings. The number of hydrogen-bond acceptors (Lipinski definition) is 4. The third kappa shape index (κ3) is 2.51. The van der Waals surface area contributed by atoms with Crippen LogP contribution in [0.5, 0.6) is 11.5 Å². The summed E-state index contributed by atoms with van der Waals surface area (Å²) in [4.78, 5) is 0. The summed E-state index contributed by atoms with van der Waals surface area (Å²) < 4.78 is 5.30. The molecule has 0 atom stereocenters. The van der Waals surface area contributed by atoms with Crippen LogP contribution in [0.25, 0.3) is 0 Å². The monoisotopic (exact) mass is 282 g/mol. The van der Waals surface area contributed by atoms with E-state index >= 15 is 0 Å². The second kappa shape index (κ2) is 5.64. The van der Waals surface area contributed by atoms with E-state index in [4.69, 9.17) is 38.5 Å². The molecule has 0 spiro atoms. The molecule has 92 valence electrons. The first-order chi connectivity index (χ1) is 8.43. The lowest BCUT2D eigenvalue weighted by molar-refractivity contribution is 0.351. The van der Waals surface area contributed by atoms with Crippen molar-refractivity contribution in [2.24, 2.45) is 0 Å². The summed E-state index contributed by atoms with van der Waals surface area (Å²) in [6.07, 6.45) is 0. The summed E-state index contributed by atoms with van der Waals surface area (Å²) in [5.41, 5.74) is 0.298. The van der Waals surface area contributed by atoms with Gasteiger partial charge in [0.1, 0.15) is 39.9 Å². The Morgan fingerprint density at radius 1 is 1.28 bits per heavy atom. The zero-order valence-corrected chi connectivity index (χ0v) is 10.9. The number of nitriles is 2. The molecule has 0 bridgehead atoms. The van der Waals surface area contributed by atoms with Gasteiger partial charge in [-0.15, -0.1) is 0 Å². The minimum absolute atomic E-state index is 0.0264. The van der Waals surface area contributed by atoms with Crippen LogP contribution in [0.2, 0.25) is 10.0 Å². The zero-order valence-electron chi connectivity index (χ0n) is 9.42. The van der Waals surface area contributed by atoms with Crippen molar-refractivity contribution in [1.29, 1.82) is 10.5 Å². The molecule has 1 N–H and O–H groups in total. The van der Waals surface area contributed by atoms with Gasteiger partial charge in [0.2, 0.25) is 0 Å². The average Bonchev–Trinajstić information content (AvgIpc) is 2.34. The highest BCUT2D eigenvalue weighted by Crippen LogP contribution is 2.44. The lowest BCUT2D eigenvalue weighted by Gasteiger charge is -2.13. The molecule has 0 amide bonds. The number of benzene rings is 1. The van der Waals surface area contributed by atoms with Crippen molar-refractivity contribution < 1.29 is 9.84 Å². The lowest BCUT2D eigenvalue weighted by atomic mass is 10.1. The van der Waals surface area contributed by atoms with Gasteiger partial charge in [-0.05, 0) is 12.5 Å². The van der Waals surface area contributed by atoms with Crippen LogP contribution in [0.4, 0.5) is 0 Å². The first-order valence-electron chi connectivity index (χ1n) is 4.75. The molecule has 0 aliphatic carbocycles. The van der Waals surface area contributed by atoms with Crippen LogP contribution in [0.1, 0.15) is 18.1 Å². The number of aromatic hydroxyl groups is 1. The molecule has 0 radical (unpaired) electrons. The summed E-state index contributed by atoms with van der Waals surface area (Å²) in [6, 6.07) is 3.46. The highest BCUT2D eigenvalue weighted by atomic mass is 35.5. The van der Waals surface area contributed by atoms with Gasteiger partial charge in [0, 0.05) is 0 Å². The van der Waals surface area contributed by atoms with Crippen molar-refractivity contribution in [3.63, 3.8) is 0 Å². The Morgan fingerprint density at radius 2 is 1.83 bits per heavy atom. The Balaban J connectivity index is 3.50. The Bertz CT molecular complexity index is 598. The fourth-order valence-corrected chi connectivity index (χ4v) is 1.62. The summed E-state index contributed by atoms with van der Waals surface area (Å²) in [5.74, 6) is -0.551. The molecule has 6 heteroatoms. The van der Waals surface area contributed by atoms with E-state index in [9.17, 15) is 5.11 Å². The predicted octanol–water partition coefficient (Wildman–Crippen LogP) is 3.40. The second-order valence-electron chi connectivity index (χ2n) is 3.53. The second-order valence-corrected chi connectivity index (χ2v) is 4.28. The molecular formula is C12H8Cl2N2O2. The Labute approximate surface area is 114 Å². The summed E-state index contributed by atoms with van der Waals surface area (Å²) in [6.45, 7) is 5.49. The minimum Gasteiger partial charge on any atom is -0.505 e. The maximum Gasteiger partial charge on any atom is 0.159 e. The van der Waals surface area contributed by atoms with Crippen molar-refractivity contribution in [3.8, 4) is 23.6 Å². The molecule has 0 aliphatic heterocycles. The van der Waals surface area contributed by atoms with Crippen molar-refractivity contribution in [2.45, 2.75) is 6.92 Å². The molecule has 18 heavy (non-hydrogen) atoms. The van der Waals surface area contributed by atoms with Crippen LogP contribution in [0, 0.1) is 22.7 Å². The highest BCUT2D eigenvalue weighted by molar-refractivity contribution is 6.44. The molecule has 0 saturated carbocycles. The number of phenolic OH excluding ortho intramolecular Hbond substituents is 1. The third-order valence-corrected chi connectivity index (χ3v) is 2.83. The number of rotatable bonds is 3. The van der Waals surface area contributed by atoms with Gasteiger partial charge in [0.15, 0.2) is 11.5 Å². The summed E-state index contributed by atoms with van der Waals surface area (Å²) in [5, 5.41) is 27.2. The van der Waals surface area contributed by atoms with Crippen LogP contribution in [0.15, 0.2) is 12.2 Å². The molecule has 4 nitrogen and oxygen atoms in total. The van der Waals surface area contributed by atoms with Crippen molar-refractivity contribution in [3.05, 3.63) is 33.3 Å². The smallest absolute Gasteiger partial charge is 0.159 e. The lowest BCUT2D eigenvalue weighted by Crippen LogP contribution is -2.02. The zero-order chi connectivity index (χ0) is 13.9. The van der Waals surface area contributed by atoms with Gasteiger partial charge < -0.3 is 9.84 Å². The third-order valence-electron chi connectivity index (χ3n) is 2.00. The fourth-order valence-electron chi connectivity index (χ4n) is 1.20. The van der Waals surface area contributed by atoms with Gasteiger partial charge in [-0.25, -0.2) is 0 Å². The normalized spacial score (nSPS) is 9.39. The quantitative estimate of drug-likeness (QED) is 0.862. The van der Waals surface area contributed by atoms with Crippen LogP contribution in [0.3, 0.4) is 0 Å². The molecule has 0 aromatic heterocycles. The molecule has 0 aliphatic rings. The van der Waals surface area contributed by atoms with E-state index in [2.05, 4.69) is 6.58 Å². The number of nitrogens with zero attached hydrogens (tertiary/aromatic N) is 2. The summed E-state index contributed by atoms with van der Waals surface area (Å²) in [7, 11) is 0. The van der Waals surface area contributed by atoms with E-state index in [0.29, 0.717) is 5.57 Å². The molecule has 1 aromatic rings. The fraction of sp³-hybridized carbons (Fsp3) is 0.167. The number of phenols is 1. The van der Waals surface area contributed by atoms with E-state index in [-0.39, 0.29) is 33.5 Å². The van der Waals surface area contributed by atoms with Crippen molar-refractivity contribution in [1.82, 2.24) is 0 Å². The van der Waals surface area contributed by atoms with Gasteiger partial charge in [0.05, 0.1) is 0 Å². The highest BCUT2D eigenvalue weighted by Gasteiger charge is 2.23. The largest absolute Gasteiger partial charge is 0.505 e. The van der Waals surface area contributed by atoms with Gasteiger partial charge in [-0.1, -0.05) is 29.8 Å². The minimum atomic E-state index is -0.525. The number of hydrogen-bond donors (Lipinski definition) is 1. The topological polar surface area (TPSA) is 77.0 Å². The first kappa shape index (κ1) is 14.2. The molecule has 0 unspecified atom stereocenters. The number of ether oxygens (including phenoxy) is 1. The van der Waals surface area contributed by atoms with Crippen LogP contribution >= 0.6 is 23.2 Å². The van der Waals surface area contributed by atoms with Crippen LogP contribution < -0.4 is 4.74 Å². The van der Waals surface area contributed by atoms with Crippen LogP contribution in [-0.2, 0) is 0 Å². The van der Waals surface area contributed by atoms with E-state index in [1.807, 2.05) is 0 Å². The van der Waals surface area contributed by atoms with E-state index < -0.39 is 5.75 Å². The maximum atomic E-state index is 9.63. The van der Waals surface area contributed by atoms with E-state index in [0.717, 1.165) is 0 Å². The first-order valence-corrected chi connectivity index (χ1v) is 5.50. The Kier molecular flexibility index (Phi) is 4.44. The van der Waals surface area contributed by atoms with Crippen LogP contribution in [-0.4, -0.2) is 11.7 Å². The van der Waals surface area contributed by atoms with E-state index in [1.54, 1.807) is 19.1 Å². The molecular weight excluding hydrogens is 275 g/mol. The maximum absolute atomic E-state index is 9.63. The summed E-state index contributed by atoms with van der Waals surface area (Å²) >= 11 is 11.7. The molecule has 0 heterocycles. The molecule has 0 saturated heterocycles. The molecule has 1 aromatic carbocycles. The van der Waals surface area contributed by atoms with Crippen molar-refractivity contribution in [2.75, 3.05) is 6.61 Å². The van der Waals surface area contributed by atoms with Crippen molar-refractivity contribution >= 4 is 23.2 Å². The number of halogens is 2. The SMILES string of the molecule is C=C(C)COc1c(Cl)c(Cl)c(O)c(C#N)c1C#N. The Morgan fingerprint density at radius 3 is 2.28 bits per heavy atom. The van der Waals surface area contributed by atoms with Gasteiger partial charge >= 0.3 is 0 Å². The molecule has 1 rings (SSSR count). The van der Waals surface area contributed by atoms with Gasteiger partial charge in [-0.2, -0.15) is 10.5 Å². The van der Waals surface area contributed by atoms with E-state index in [1.165, 1.54) is 0 Å². The average molecular weight is 283 g/mol. The van der Waals surface area contributed by atoms with Gasteiger partial charge in [0.25, 0.3) is 0 Å². The predicted molar refractivity (Wildman–Crippen MR) is 67.9 cm³/mol. The Hall–Kier alpha value is -1.88.